The van der Waals surface area contributed by atoms with Crippen LogP contribution in [0.1, 0.15) is 81.2 Å². The Balaban J connectivity index is 0.000000253. The number of hydrogen-bond donors (Lipinski definition) is 0. The van der Waals surface area contributed by atoms with Crippen molar-refractivity contribution in [2.24, 2.45) is 5.92 Å². The zero-order valence-corrected chi connectivity index (χ0v) is 42.8. The van der Waals surface area contributed by atoms with Gasteiger partial charge in [0.2, 0.25) is 0 Å². The van der Waals surface area contributed by atoms with Gasteiger partial charge in [0.1, 0.15) is 0 Å². The molecule has 0 saturated heterocycles. The molecule has 0 spiro atoms. The molecule has 0 amide bonds. The van der Waals surface area contributed by atoms with Crippen LogP contribution in [0.3, 0.4) is 0 Å². The Morgan fingerprint density at radius 1 is 0.662 bits per heavy atom. The first-order chi connectivity index (χ1) is 30.9. The van der Waals surface area contributed by atoms with Crippen LogP contribution in [0.25, 0.3) is 61.5 Å². The van der Waals surface area contributed by atoms with E-state index in [-0.39, 0.29) is 20.1 Å². The fourth-order valence-electron chi connectivity index (χ4n) is 8.79. The molecule has 6 heteroatoms. The van der Waals surface area contributed by atoms with E-state index in [2.05, 4.69) is 217 Å². The zero-order valence-electron chi connectivity index (χ0n) is 39.4. The number of para-hydroxylation sites is 2. The molecule has 6 aromatic carbocycles. The molecular weight excluding hydrogens is 987 g/mol. The summed E-state index contributed by atoms with van der Waals surface area (Å²) in [6.07, 6.45) is 8.46. The van der Waals surface area contributed by atoms with Crippen molar-refractivity contribution >= 4 is 35.3 Å². The van der Waals surface area contributed by atoms with E-state index < -0.39 is 8.07 Å². The Kier molecular flexibility index (Phi) is 15.0. The Hall–Kier alpha value is -5.65. The molecule has 4 nitrogen and oxygen atoms in total. The van der Waals surface area contributed by atoms with Crippen LogP contribution >= 0.6 is 0 Å². The molecule has 9 rings (SSSR count). The maximum atomic E-state index is 6.06. The fourth-order valence-corrected chi connectivity index (χ4v) is 10.4. The molecule has 0 unspecified atom stereocenters. The van der Waals surface area contributed by atoms with E-state index in [9.17, 15) is 0 Å². The summed E-state index contributed by atoms with van der Waals surface area (Å²) in [5.41, 5.74) is 16.3. The maximum absolute atomic E-state index is 6.06. The number of imidazole rings is 1. The number of rotatable bonds is 12. The van der Waals surface area contributed by atoms with Crippen molar-refractivity contribution in [1.29, 1.82) is 0 Å². The van der Waals surface area contributed by atoms with Crippen molar-refractivity contribution in [3.8, 4) is 39.5 Å². The van der Waals surface area contributed by atoms with Gasteiger partial charge in [-0.1, -0.05) is 180 Å². The molecule has 333 valence electrons. The number of aryl methyl sites for hydroxylation is 2. The summed E-state index contributed by atoms with van der Waals surface area (Å²) in [6.45, 7) is 20.9. The molecule has 3 aromatic heterocycles. The Morgan fingerprint density at radius 3 is 1.95 bits per heavy atom. The summed E-state index contributed by atoms with van der Waals surface area (Å²) in [7, 11) is -1.34. The van der Waals surface area contributed by atoms with Gasteiger partial charge in [0, 0.05) is 43.8 Å². The average Bonchev–Trinajstić information content (AvgIpc) is 3.89. The normalized spacial score (nSPS) is 11.6. The van der Waals surface area contributed by atoms with Crippen LogP contribution in [0, 0.1) is 18.2 Å². The minimum atomic E-state index is -1.34. The summed E-state index contributed by atoms with van der Waals surface area (Å²) >= 11 is 0. The van der Waals surface area contributed by atoms with Gasteiger partial charge in [-0.15, -0.1) is 35.9 Å². The number of furan rings is 1. The number of aromatic nitrogens is 3. The SMILES string of the molecule is CC(C)Cc1cc(-c2[c-]cccc2)ncc1[Si](C)(C)C.CC(C)c1cc(-c2ccccc2)cc(C(C)C)c1-n1c(-c2[c-]oc3ccc(CCc4ccccc4)cc23)nc2ccccc21.[Ir]. The third kappa shape index (κ3) is 10.7. The molecule has 0 fully saturated rings. The predicted octanol–water partition coefficient (Wildman–Crippen LogP) is 15.2. The summed E-state index contributed by atoms with van der Waals surface area (Å²) in [5, 5.41) is 2.54. The molecule has 0 atom stereocenters. The number of hydrogen-bond acceptors (Lipinski definition) is 3. The molecule has 65 heavy (non-hydrogen) atoms. The van der Waals surface area contributed by atoms with Crippen LogP contribution in [0.4, 0.5) is 0 Å². The second-order valence-corrected chi connectivity index (χ2v) is 24.2. The van der Waals surface area contributed by atoms with Gasteiger partial charge < -0.3 is 14.0 Å². The van der Waals surface area contributed by atoms with Gasteiger partial charge in [-0.25, -0.2) is 0 Å². The third-order valence-corrected chi connectivity index (χ3v) is 14.1. The standard InChI is InChI=1S/C41H37N2O.C18H24NSi.Ir/c1-27(2)33-24-32(31-15-9-6-10-16-31)25-34(28(3)4)40(33)43-38-18-12-11-17-37(38)42-41(43)36-26-44-39-22-21-30(23-35(36)39)20-19-29-13-7-5-8-14-29;1-14(2)11-16-12-17(15-9-7-6-8-10-15)19-13-18(16)20(3,4)5;/h5-18,21-25,27-28H,19-20H2,1-4H3;6-9,12-14H,11H2,1-5H3;/q2*-1;. The van der Waals surface area contributed by atoms with Crippen molar-refractivity contribution in [3.63, 3.8) is 0 Å². The predicted molar refractivity (Wildman–Crippen MR) is 273 cm³/mol. The van der Waals surface area contributed by atoms with E-state index in [4.69, 9.17) is 9.40 Å². The Bertz CT molecular complexity index is 2950. The Morgan fingerprint density at radius 2 is 1.31 bits per heavy atom. The molecule has 0 saturated carbocycles. The molecular formula is C59H61IrN3OSi-2. The maximum Gasteiger partial charge on any atom is 0.0798 e. The van der Waals surface area contributed by atoms with Crippen molar-refractivity contribution in [1.82, 2.24) is 14.5 Å². The molecule has 0 bridgehead atoms. The van der Waals surface area contributed by atoms with Gasteiger partial charge in [-0.05, 0) is 100.0 Å². The second kappa shape index (κ2) is 20.7. The zero-order chi connectivity index (χ0) is 45.0. The molecule has 3 heterocycles. The fraction of sp³-hybridized carbons (Fsp3) is 0.254. The van der Waals surface area contributed by atoms with E-state index in [1.165, 1.54) is 49.8 Å². The Labute approximate surface area is 401 Å². The van der Waals surface area contributed by atoms with Crippen molar-refractivity contribution in [2.75, 3.05) is 0 Å². The van der Waals surface area contributed by atoms with E-state index >= 15 is 0 Å². The van der Waals surface area contributed by atoms with Crippen LogP contribution in [0.2, 0.25) is 19.6 Å². The summed E-state index contributed by atoms with van der Waals surface area (Å²) in [6, 6.07) is 54.7. The molecule has 0 aliphatic heterocycles. The quantitative estimate of drug-likeness (QED) is 0.0905. The summed E-state index contributed by atoms with van der Waals surface area (Å²) < 4.78 is 8.43. The van der Waals surface area contributed by atoms with Gasteiger partial charge in [-0.3, -0.25) is 4.98 Å². The van der Waals surface area contributed by atoms with Crippen LogP contribution in [-0.4, -0.2) is 22.6 Å². The van der Waals surface area contributed by atoms with Gasteiger partial charge in [0.25, 0.3) is 0 Å². The minimum absolute atomic E-state index is 0. The average molecular weight is 1050 g/mol. The van der Waals surface area contributed by atoms with Crippen molar-refractivity contribution in [2.45, 2.75) is 92.3 Å². The van der Waals surface area contributed by atoms with Gasteiger partial charge in [0.05, 0.1) is 24.9 Å². The summed E-state index contributed by atoms with van der Waals surface area (Å²) in [5.74, 6) is 2.13. The molecule has 9 aromatic rings. The summed E-state index contributed by atoms with van der Waals surface area (Å²) in [4.78, 5) is 9.94. The van der Waals surface area contributed by atoms with E-state index in [0.29, 0.717) is 17.8 Å². The smallest absolute Gasteiger partial charge is 0.0798 e. The topological polar surface area (TPSA) is 43.9 Å². The number of fused-ring (bicyclic) bond motifs is 2. The molecule has 1 radical (unpaired) electrons. The van der Waals surface area contributed by atoms with Gasteiger partial charge in [0.15, 0.2) is 0 Å². The van der Waals surface area contributed by atoms with Crippen LogP contribution in [0.15, 0.2) is 156 Å². The number of pyridine rings is 1. The van der Waals surface area contributed by atoms with Gasteiger partial charge in [-0.2, -0.15) is 0 Å². The first kappa shape index (κ1) is 47.3. The monoisotopic (exact) mass is 1050 g/mol. The van der Waals surface area contributed by atoms with Crippen molar-refractivity contribution in [3.05, 3.63) is 192 Å². The number of nitrogens with zero attached hydrogens (tertiary/aromatic N) is 3. The van der Waals surface area contributed by atoms with E-state index in [0.717, 1.165) is 63.9 Å². The van der Waals surface area contributed by atoms with Crippen LogP contribution < -0.4 is 5.19 Å². The van der Waals surface area contributed by atoms with E-state index in [1.807, 2.05) is 18.2 Å². The molecule has 0 N–H and O–H groups in total. The molecule has 0 aliphatic rings. The van der Waals surface area contributed by atoms with Gasteiger partial charge >= 0.3 is 0 Å². The molecule has 0 aliphatic carbocycles. The third-order valence-electron chi connectivity index (χ3n) is 12.1. The second-order valence-electron chi connectivity index (χ2n) is 19.2. The largest absolute Gasteiger partial charge is 0.557 e. The number of benzene rings is 6. The van der Waals surface area contributed by atoms with Crippen molar-refractivity contribution < 1.29 is 24.5 Å². The first-order valence-corrected chi connectivity index (χ1v) is 26.5. The van der Waals surface area contributed by atoms with E-state index in [1.54, 1.807) is 0 Å². The van der Waals surface area contributed by atoms with Crippen LogP contribution in [-0.2, 0) is 39.4 Å². The minimum Gasteiger partial charge on any atom is -0.557 e. The first-order valence-electron chi connectivity index (χ1n) is 23.0. The van der Waals surface area contributed by atoms with Crippen LogP contribution in [0.5, 0.6) is 0 Å².